The van der Waals surface area contributed by atoms with Crippen molar-refractivity contribution >= 4 is 41.3 Å². The molecule has 3 rings (SSSR count). The number of esters is 2. The molecule has 8 N–H and O–H groups in total. The van der Waals surface area contributed by atoms with E-state index in [1.807, 2.05) is 0 Å². The smallest absolute Gasteiger partial charge is 0.544 e. The second-order valence-corrected chi connectivity index (χ2v) is 14.0. The summed E-state index contributed by atoms with van der Waals surface area (Å²) in [4.78, 5) is 82.2. The summed E-state index contributed by atoms with van der Waals surface area (Å²) in [6.45, 7) is 1.49. The van der Waals surface area contributed by atoms with Crippen molar-refractivity contribution in [3.05, 3.63) is 34.4 Å². The molecule has 0 unspecified atom stereocenters. The molecule has 0 aromatic heterocycles. The topological polar surface area (TPSA) is 361 Å². The Labute approximate surface area is 370 Å². The molecule has 2 aliphatic heterocycles. The molecular weight excluding hydrogens is 831 g/mol. The molecule has 0 saturated carbocycles. The summed E-state index contributed by atoms with van der Waals surface area (Å²) in [5.41, 5.74) is -0.157. The Morgan fingerprint density at radius 1 is 0.934 bits per heavy atom. The number of nitrogens with zero attached hydrogens (tertiary/aromatic N) is 1. The van der Waals surface area contributed by atoms with E-state index in [9.17, 15) is 69.5 Å². The summed E-state index contributed by atoms with van der Waals surface area (Å²) < 4.78 is 32.4. The Balaban J connectivity index is 0.0000128. The molecule has 11 atom stereocenters. The number of carbonyl (C=O) groups excluding carboxylic acids is 6. The van der Waals surface area contributed by atoms with Crippen molar-refractivity contribution in [1.29, 1.82) is 0 Å². The Bertz CT molecular complexity index is 1660. The predicted octanol–water partition coefficient (Wildman–Crippen LogP) is -7.06. The number of carboxylic acid groups (broad SMARTS) is 1. The zero-order valence-electron chi connectivity index (χ0n) is 34.0. The third-order valence-corrected chi connectivity index (χ3v) is 9.23. The van der Waals surface area contributed by atoms with E-state index >= 15 is 0 Å². The number of ether oxygens (including phenoxy) is 6. The Morgan fingerprint density at radius 3 is 2.15 bits per heavy atom. The van der Waals surface area contributed by atoms with Crippen LogP contribution in [-0.2, 0) is 52.5 Å². The fourth-order valence-electron chi connectivity index (χ4n) is 6.24. The van der Waals surface area contributed by atoms with Crippen molar-refractivity contribution in [3.63, 3.8) is 0 Å². The van der Waals surface area contributed by atoms with Gasteiger partial charge in [-0.25, -0.2) is 0 Å². The molecule has 61 heavy (non-hydrogen) atoms. The summed E-state index contributed by atoms with van der Waals surface area (Å²) in [5.74, 6) is -7.98. The number of non-ortho nitro benzene ring substituents is 1. The van der Waals surface area contributed by atoms with E-state index in [1.54, 1.807) is 0 Å². The van der Waals surface area contributed by atoms with Gasteiger partial charge >= 0.3 is 41.5 Å². The van der Waals surface area contributed by atoms with Crippen molar-refractivity contribution < 1.29 is 122 Å². The van der Waals surface area contributed by atoms with E-state index in [2.05, 4.69) is 20.7 Å². The van der Waals surface area contributed by atoms with Gasteiger partial charge in [-0.1, -0.05) is 0 Å². The number of hydrogen-bond donors (Lipinski definition) is 8. The molecule has 0 radical (unpaired) electrons. The zero-order chi connectivity index (χ0) is 44.7. The first-order valence-electron chi connectivity index (χ1n) is 18.8. The second-order valence-electron chi connectivity index (χ2n) is 14.0. The van der Waals surface area contributed by atoms with Gasteiger partial charge in [0.25, 0.3) is 5.69 Å². The fraction of sp³-hybridized carbons (Fsp3) is 0.667. The zero-order valence-corrected chi connectivity index (χ0v) is 36.0. The number of benzene rings is 1. The van der Waals surface area contributed by atoms with Gasteiger partial charge in [0.05, 0.1) is 30.3 Å². The number of carbonyl (C=O) groups is 6. The van der Waals surface area contributed by atoms with E-state index in [-0.39, 0.29) is 79.3 Å². The Morgan fingerprint density at radius 2 is 1.56 bits per heavy atom. The number of nitrogens with one attached hydrogen (secondary N) is 3. The minimum atomic E-state index is -2.92. The van der Waals surface area contributed by atoms with Crippen LogP contribution in [0.4, 0.5) is 5.69 Å². The summed E-state index contributed by atoms with van der Waals surface area (Å²) >= 11 is 0. The minimum absolute atomic E-state index is 0. The summed E-state index contributed by atoms with van der Waals surface area (Å²) in [6.07, 6.45) is -14.4. The average Bonchev–Trinajstić information content (AvgIpc) is 3.17. The van der Waals surface area contributed by atoms with Crippen LogP contribution in [0.5, 0.6) is 5.75 Å². The normalized spacial score (nSPS) is 27.0. The van der Waals surface area contributed by atoms with E-state index in [0.717, 1.165) is 20.8 Å². The standard InChI is InChI=1S/C36H52N4O20.Na/c1-18(41)38-28-23(44)15-36(35(51)52,60-33(28)30(48)24(45)16-56-20(3)43)57-17-25-31(49)32(50)29(39-19(2)42)34(59-25)55-14-6-13-37-26(46)7-4-5-8-27(47)58-22-11-9-21(10-12-22)40(53)54;/h9-12,23-25,28-34,44-45,48-50H,4-8,13-17H2,1-3H3,(H,37,46)(H,38,41)(H,39,42)(H,51,52);/q;+1/p-1/t23-,24+,25+,28+,29+,30+,31-,32+,33+,34-,36+;/m0./s1. The second kappa shape index (κ2) is 25.3. The fourth-order valence-corrected chi connectivity index (χ4v) is 6.24. The molecule has 2 saturated heterocycles. The van der Waals surface area contributed by atoms with Gasteiger partial charge in [-0.2, -0.15) is 0 Å². The number of nitro groups is 1. The Hall–Kier alpha value is -3.92. The van der Waals surface area contributed by atoms with Crippen molar-refractivity contribution in [2.45, 2.75) is 126 Å². The molecule has 336 valence electrons. The van der Waals surface area contributed by atoms with Crippen LogP contribution in [0.3, 0.4) is 0 Å². The number of unbranched alkanes of at least 4 members (excludes halogenated alkanes) is 1. The molecule has 0 spiro atoms. The number of aliphatic carboxylic acids is 1. The number of carboxylic acids is 1. The van der Waals surface area contributed by atoms with Crippen LogP contribution < -0.4 is 55.4 Å². The van der Waals surface area contributed by atoms with Crippen LogP contribution >= 0.6 is 0 Å². The monoisotopic (exact) mass is 882 g/mol. The van der Waals surface area contributed by atoms with Gasteiger partial charge in [-0.3, -0.25) is 34.1 Å². The van der Waals surface area contributed by atoms with Crippen LogP contribution in [0.2, 0.25) is 0 Å². The number of rotatable bonds is 22. The van der Waals surface area contributed by atoms with Crippen LogP contribution in [0, 0.1) is 10.1 Å². The van der Waals surface area contributed by atoms with E-state index in [4.69, 9.17) is 23.7 Å². The predicted molar refractivity (Wildman–Crippen MR) is 194 cm³/mol. The van der Waals surface area contributed by atoms with Gasteiger partial charge in [-0.05, 0) is 31.4 Å². The van der Waals surface area contributed by atoms with Crippen LogP contribution in [-0.4, -0.2) is 159 Å². The first kappa shape index (κ1) is 53.2. The van der Waals surface area contributed by atoms with Crippen LogP contribution in [0.1, 0.15) is 59.3 Å². The van der Waals surface area contributed by atoms with Gasteiger partial charge in [-0.15, -0.1) is 0 Å². The maximum absolute atomic E-state index is 12.5. The molecule has 1 aromatic rings. The quantitative estimate of drug-likeness (QED) is 0.0134. The molecule has 25 heteroatoms. The van der Waals surface area contributed by atoms with E-state index < -0.39 is 121 Å². The summed E-state index contributed by atoms with van der Waals surface area (Å²) in [5, 5.41) is 84.8. The largest absolute Gasteiger partial charge is 1.00 e. The van der Waals surface area contributed by atoms with Crippen LogP contribution in [0.25, 0.3) is 0 Å². The minimum Gasteiger partial charge on any atom is -0.544 e. The first-order valence-corrected chi connectivity index (χ1v) is 18.8. The van der Waals surface area contributed by atoms with Gasteiger partial charge in [0.2, 0.25) is 23.5 Å². The SMILES string of the molecule is CC(=O)N[C@H]1[C@@H](OCCCNC(=O)CCCCC(=O)Oc2ccc([N+](=O)[O-])cc2)O[C@H](CO[C@]2(C(=O)[O-])C[C@H](O)[C@@H](NC(C)=O)[C@H]([C@H](O)[C@H](O)COC(C)=O)O2)[C@H](O)[C@@H]1O.[Na+]. The van der Waals surface area contributed by atoms with Crippen LogP contribution in [0.15, 0.2) is 24.3 Å². The number of aliphatic hydroxyl groups is 5. The molecule has 0 bridgehead atoms. The molecule has 1 aromatic carbocycles. The number of aliphatic hydroxyl groups excluding tert-OH is 5. The molecular formula is C36H51N4NaO20. The third-order valence-electron chi connectivity index (χ3n) is 9.23. The van der Waals surface area contributed by atoms with E-state index in [0.29, 0.717) is 12.8 Å². The molecule has 2 aliphatic rings. The van der Waals surface area contributed by atoms with Gasteiger partial charge in [0, 0.05) is 58.7 Å². The van der Waals surface area contributed by atoms with Gasteiger partial charge < -0.3 is 79.8 Å². The van der Waals surface area contributed by atoms with Crippen molar-refractivity contribution in [3.8, 4) is 5.75 Å². The summed E-state index contributed by atoms with van der Waals surface area (Å²) in [6, 6.07) is 2.11. The molecule has 3 amide bonds. The van der Waals surface area contributed by atoms with Crippen molar-refractivity contribution in [2.75, 3.05) is 26.4 Å². The number of amides is 3. The van der Waals surface area contributed by atoms with Gasteiger partial charge in [0.1, 0.15) is 61.0 Å². The first-order chi connectivity index (χ1) is 28.2. The average molecular weight is 883 g/mol. The summed E-state index contributed by atoms with van der Waals surface area (Å²) in [7, 11) is 0. The van der Waals surface area contributed by atoms with E-state index in [1.165, 1.54) is 24.3 Å². The number of nitro benzene ring substituents is 1. The molecule has 0 aliphatic carbocycles. The van der Waals surface area contributed by atoms with Crippen molar-refractivity contribution in [1.82, 2.24) is 16.0 Å². The third kappa shape index (κ3) is 16.4. The number of hydrogen-bond acceptors (Lipinski definition) is 20. The van der Waals surface area contributed by atoms with Gasteiger partial charge in [0.15, 0.2) is 6.29 Å². The maximum atomic E-state index is 12.5. The molecule has 2 fully saturated rings. The molecule has 24 nitrogen and oxygen atoms in total. The Kier molecular flexibility index (Phi) is 22.0. The van der Waals surface area contributed by atoms with Crippen molar-refractivity contribution in [2.24, 2.45) is 0 Å². The maximum Gasteiger partial charge on any atom is 1.00 e. The molecule has 2 heterocycles.